The first kappa shape index (κ1) is 11.6. The molecule has 0 radical (unpaired) electrons. The van der Waals surface area contributed by atoms with Crippen molar-refractivity contribution < 1.29 is 17.6 Å². The van der Waals surface area contributed by atoms with Crippen molar-refractivity contribution in [3.05, 3.63) is 34.4 Å². The van der Waals surface area contributed by atoms with Crippen LogP contribution in [0.25, 0.3) is 0 Å². The zero-order chi connectivity index (χ0) is 11.6. The predicted molar refractivity (Wildman–Crippen MR) is 48.2 cm³/mol. The lowest BCUT2D eigenvalue weighted by Crippen LogP contribution is -2.05. The number of rotatable bonds is 1. The summed E-state index contributed by atoms with van der Waals surface area (Å²) in [6, 6.07) is 0. The maximum atomic E-state index is 13.2. The van der Waals surface area contributed by atoms with Crippen molar-refractivity contribution in [2.24, 2.45) is 0 Å². The number of hydrogen-bond acceptors (Lipinski definition) is 0. The Hall–Kier alpha value is -1.50. The number of hydrogen-bond donors (Lipinski definition) is 0. The molecule has 1 aromatic carbocycles. The third kappa shape index (κ3) is 1.96. The summed E-state index contributed by atoms with van der Waals surface area (Å²) in [5.74, 6) is -0.699. The summed E-state index contributed by atoms with van der Waals surface area (Å²) < 4.78 is 52.4. The molecular formula is C11H8F4. The standard InChI is InChI=1S/C11H8F4/c1-3-4-5-7-10(14)8(12)6(2)9(13)11(7)15/h5H2,1-2H3. The van der Waals surface area contributed by atoms with Crippen LogP contribution >= 0.6 is 0 Å². The molecule has 0 aliphatic heterocycles. The Morgan fingerprint density at radius 2 is 1.40 bits per heavy atom. The normalized spacial score (nSPS) is 9.73. The molecule has 0 heterocycles. The minimum atomic E-state index is -1.37. The van der Waals surface area contributed by atoms with Crippen LogP contribution < -0.4 is 0 Å². The molecule has 0 aromatic heterocycles. The molecule has 0 aliphatic rings. The Morgan fingerprint density at radius 1 is 0.933 bits per heavy atom. The molecular weight excluding hydrogens is 208 g/mol. The van der Waals surface area contributed by atoms with E-state index in [0.717, 1.165) is 6.92 Å². The third-order valence-electron chi connectivity index (χ3n) is 2.02. The van der Waals surface area contributed by atoms with Crippen LogP contribution in [0.2, 0.25) is 0 Å². The molecule has 0 saturated carbocycles. The van der Waals surface area contributed by atoms with Crippen LogP contribution in [0.4, 0.5) is 17.6 Å². The fourth-order valence-electron chi connectivity index (χ4n) is 1.12. The molecule has 0 saturated heterocycles. The molecule has 0 atom stereocenters. The minimum absolute atomic E-state index is 0.345. The quantitative estimate of drug-likeness (QED) is 0.384. The fourth-order valence-corrected chi connectivity index (χ4v) is 1.12. The van der Waals surface area contributed by atoms with Crippen LogP contribution in [0.3, 0.4) is 0 Å². The van der Waals surface area contributed by atoms with Gasteiger partial charge in [0.2, 0.25) is 0 Å². The highest BCUT2D eigenvalue weighted by Gasteiger charge is 2.21. The van der Waals surface area contributed by atoms with Gasteiger partial charge in [-0.3, -0.25) is 0 Å². The summed E-state index contributed by atoms with van der Waals surface area (Å²) in [6.45, 7) is 2.45. The van der Waals surface area contributed by atoms with Gasteiger partial charge in [-0.15, -0.1) is 5.92 Å². The van der Waals surface area contributed by atoms with E-state index in [0.29, 0.717) is 0 Å². The van der Waals surface area contributed by atoms with E-state index in [1.54, 1.807) is 0 Å². The van der Waals surface area contributed by atoms with E-state index in [-0.39, 0.29) is 6.42 Å². The highest BCUT2D eigenvalue weighted by molar-refractivity contribution is 5.31. The molecule has 80 valence electrons. The lowest BCUT2D eigenvalue weighted by atomic mass is 10.1. The molecule has 0 nitrogen and oxygen atoms in total. The van der Waals surface area contributed by atoms with E-state index in [2.05, 4.69) is 11.8 Å². The van der Waals surface area contributed by atoms with E-state index in [4.69, 9.17) is 0 Å². The van der Waals surface area contributed by atoms with Crippen LogP contribution in [0.1, 0.15) is 18.1 Å². The van der Waals surface area contributed by atoms with Crippen LogP contribution in [0, 0.1) is 42.0 Å². The molecule has 15 heavy (non-hydrogen) atoms. The second-order valence-corrected chi connectivity index (χ2v) is 2.96. The van der Waals surface area contributed by atoms with Crippen molar-refractivity contribution in [3.63, 3.8) is 0 Å². The lowest BCUT2D eigenvalue weighted by molar-refractivity contribution is 0.434. The molecule has 0 fully saturated rings. The first-order valence-electron chi connectivity index (χ1n) is 4.21. The first-order chi connectivity index (χ1) is 7.00. The Balaban J connectivity index is 3.42. The van der Waals surface area contributed by atoms with Crippen molar-refractivity contribution in [2.45, 2.75) is 20.3 Å². The third-order valence-corrected chi connectivity index (χ3v) is 2.02. The zero-order valence-corrected chi connectivity index (χ0v) is 8.22. The molecule has 0 amide bonds. The Labute approximate surface area is 84.9 Å². The Morgan fingerprint density at radius 3 is 1.80 bits per heavy atom. The van der Waals surface area contributed by atoms with Gasteiger partial charge in [-0.05, 0) is 13.8 Å². The van der Waals surface area contributed by atoms with Crippen LogP contribution in [0.15, 0.2) is 0 Å². The van der Waals surface area contributed by atoms with Crippen LogP contribution in [0.5, 0.6) is 0 Å². The van der Waals surface area contributed by atoms with E-state index in [9.17, 15) is 17.6 Å². The topological polar surface area (TPSA) is 0 Å². The van der Waals surface area contributed by atoms with Gasteiger partial charge in [-0.1, -0.05) is 5.92 Å². The van der Waals surface area contributed by atoms with Gasteiger partial charge in [0.05, 0.1) is 0 Å². The van der Waals surface area contributed by atoms with Crippen molar-refractivity contribution in [1.82, 2.24) is 0 Å². The largest absolute Gasteiger partial charge is 0.203 e. The van der Waals surface area contributed by atoms with Crippen LogP contribution in [-0.4, -0.2) is 0 Å². The summed E-state index contributed by atoms with van der Waals surface area (Å²) in [4.78, 5) is 0. The summed E-state index contributed by atoms with van der Waals surface area (Å²) in [5.41, 5.74) is -1.32. The predicted octanol–water partition coefficient (Wildman–Crippen LogP) is 3.12. The minimum Gasteiger partial charge on any atom is -0.203 e. The second-order valence-electron chi connectivity index (χ2n) is 2.96. The van der Waals surface area contributed by atoms with Crippen molar-refractivity contribution in [2.75, 3.05) is 0 Å². The van der Waals surface area contributed by atoms with Gasteiger partial charge in [-0.25, -0.2) is 17.6 Å². The molecule has 0 unspecified atom stereocenters. The highest BCUT2D eigenvalue weighted by atomic mass is 19.2. The highest BCUT2D eigenvalue weighted by Crippen LogP contribution is 2.23. The molecule has 1 rings (SSSR count). The van der Waals surface area contributed by atoms with Gasteiger partial charge < -0.3 is 0 Å². The van der Waals surface area contributed by atoms with Gasteiger partial charge in [0, 0.05) is 17.5 Å². The maximum absolute atomic E-state index is 13.2. The average Bonchev–Trinajstić information content (AvgIpc) is 2.24. The van der Waals surface area contributed by atoms with Gasteiger partial charge in [0.1, 0.15) is 0 Å². The van der Waals surface area contributed by atoms with E-state index in [1.807, 2.05) is 0 Å². The van der Waals surface area contributed by atoms with E-state index >= 15 is 0 Å². The Kier molecular flexibility index (Phi) is 3.35. The van der Waals surface area contributed by atoms with E-state index < -0.39 is 34.4 Å². The molecule has 0 aliphatic carbocycles. The van der Waals surface area contributed by atoms with Gasteiger partial charge in [0.15, 0.2) is 23.3 Å². The Bertz CT molecular complexity index is 423. The van der Waals surface area contributed by atoms with E-state index in [1.165, 1.54) is 6.92 Å². The monoisotopic (exact) mass is 216 g/mol. The molecule has 4 heteroatoms. The van der Waals surface area contributed by atoms with Gasteiger partial charge in [-0.2, -0.15) is 0 Å². The molecule has 1 aromatic rings. The zero-order valence-electron chi connectivity index (χ0n) is 8.22. The number of halogens is 4. The lowest BCUT2D eigenvalue weighted by Gasteiger charge is -2.06. The smallest absolute Gasteiger partial charge is 0.166 e. The van der Waals surface area contributed by atoms with Gasteiger partial charge >= 0.3 is 0 Å². The summed E-state index contributed by atoms with van der Waals surface area (Å²) in [6.07, 6.45) is -0.345. The molecule has 0 spiro atoms. The van der Waals surface area contributed by atoms with Gasteiger partial charge in [0.25, 0.3) is 0 Å². The van der Waals surface area contributed by atoms with Crippen LogP contribution in [-0.2, 0) is 6.42 Å². The number of benzene rings is 1. The maximum Gasteiger partial charge on any atom is 0.166 e. The average molecular weight is 216 g/mol. The first-order valence-corrected chi connectivity index (χ1v) is 4.21. The van der Waals surface area contributed by atoms with Crippen molar-refractivity contribution in [1.29, 1.82) is 0 Å². The fraction of sp³-hybridized carbons (Fsp3) is 0.273. The van der Waals surface area contributed by atoms with Crippen molar-refractivity contribution >= 4 is 0 Å². The summed E-state index contributed by atoms with van der Waals surface area (Å²) >= 11 is 0. The summed E-state index contributed by atoms with van der Waals surface area (Å²) in [5, 5.41) is 0. The SMILES string of the molecule is CC#CCc1c(F)c(F)c(C)c(F)c1F. The molecule has 0 N–H and O–H groups in total. The second kappa shape index (κ2) is 4.35. The molecule has 0 bridgehead atoms. The van der Waals surface area contributed by atoms with Crippen molar-refractivity contribution in [3.8, 4) is 11.8 Å². The summed E-state index contributed by atoms with van der Waals surface area (Å²) in [7, 11) is 0.